The Labute approximate surface area is 163 Å². The van der Waals surface area contributed by atoms with Crippen molar-refractivity contribution in [3.05, 3.63) is 41.5 Å². The van der Waals surface area contributed by atoms with Gasteiger partial charge in [-0.2, -0.15) is 0 Å². The summed E-state index contributed by atoms with van der Waals surface area (Å²) in [6.07, 6.45) is 9.11. The van der Waals surface area contributed by atoms with Crippen LogP contribution in [0.1, 0.15) is 57.9 Å². The number of ether oxygens (including phenoxy) is 1. The maximum absolute atomic E-state index is 12.6. The van der Waals surface area contributed by atoms with E-state index in [1.54, 1.807) is 24.3 Å². The number of phenols is 1. The van der Waals surface area contributed by atoms with Crippen molar-refractivity contribution in [2.24, 2.45) is 5.92 Å². The Hall–Kier alpha value is -1.81. The van der Waals surface area contributed by atoms with E-state index >= 15 is 0 Å². The van der Waals surface area contributed by atoms with Crippen LogP contribution in [0.2, 0.25) is 0 Å². The summed E-state index contributed by atoms with van der Waals surface area (Å²) in [6.45, 7) is 7.54. The van der Waals surface area contributed by atoms with Gasteiger partial charge in [-0.3, -0.25) is 4.79 Å². The molecule has 1 aromatic carbocycles. The summed E-state index contributed by atoms with van der Waals surface area (Å²) in [6, 6.07) is 6.82. The number of esters is 1. The van der Waals surface area contributed by atoms with Crippen molar-refractivity contribution < 1.29 is 14.6 Å². The third kappa shape index (κ3) is 5.35. The SMILES string of the molecule is CC(C)=CCCN1CC[C@H](C2(OC(=O)Cc3ccc(O)cc3)CCCC2)C1. The molecule has 0 unspecified atom stereocenters. The van der Waals surface area contributed by atoms with Crippen LogP contribution < -0.4 is 0 Å². The van der Waals surface area contributed by atoms with Gasteiger partial charge >= 0.3 is 5.97 Å². The quantitative estimate of drug-likeness (QED) is 0.567. The lowest BCUT2D eigenvalue weighted by Gasteiger charge is -2.35. The van der Waals surface area contributed by atoms with Crippen LogP contribution in [0.15, 0.2) is 35.9 Å². The summed E-state index contributed by atoms with van der Waals surface area (Å²) in [7, 11) is 0. The van der Waals surface area contributed by atoms with Crippen LogP contribution in [-0.2, 0) is 16.0 Å². The van der Waals surface area contributed by atoms with Gasteiger partial charge in [0.05, 0.1) is 6.42 Å². The molecule has 2 aliphatic rings. The molecule has 1 N–H and O–H groups in total. The first-order valence-electron chi connectivity index (χ1n) is 10.3. The molecular weight excluding hydrogens is 338 g/mol. The van der Waals surface area contributed by atoms with Gasteiger partial charge in [0, 0.05) is 19.0 Å². The highest BCUT2D eigenvalue weighted by Crippen LogP contribution is 2.43. The van der Waals surface area contributed by atoms with E-state index in [0.717, 1.165) is 63.7 Å². The Balaban J connectivity index is 1.58. The van der Waals surface area contributed by atoms with Crippen molar-refractivity contribution in [3.8, 4) is 5.75 Å². The number of aromatic hydroxyl groups is 1. The zero-order valence-corrected chi connectivity index (χ0v) is 16.7. The van der Waals surface area contributed by atoms with Gasteiger partial charge in [-0.15, -0.1) is 0 Å². The number of allylic oxidation sites excluding steroid dienone is 1. The average molecular weight is 372 g/mol. The number of nitrogens with zero attached hydrogens (tertiary/aromatic N) is 1. The Morgan fingerprint density at radius 1 is 1.26 bits per heavy atom. The topological polar surface area (TPSA) is 49.8 Å². The van der Waals surface area contributed by atoms with Crippen molar-refractivity contribution in [1.82, 2.24) is 4.90 Å². The predicted molar refractivity (Wildman–Crippen MR) is 108 cm³/mol. The van der Waals surface area contributed by atoms with Gasteiger partial charge in [0.2, 0.25) is 0 Å². The van der Waals surface area contributed by atoms with Crippen LogP contribution in [0.3, 0.4) is 0 Å². The second-order valence-corrected chi connectivity index (χ2v) is 8.45. The molecule has 148 valence electrons. The lowest BCUT2D eigenvalue weighted by atomic mass is 9.84. The summed E-state index contributed by atoms with van der Waals surface area (Å²) in [5, 5.41) is 9.40. The van der Waals surface area contributed by atoms with Crippen molar-refractivity contribution >= 4 is 5.97 Å². The predicted octanol–water partition coefficient (Wildman–Crippen LogP) is 4.47. The van der Waals surface area contributed by atoms with Crippen LogP contribution in [0.4, 0.5) is 0 Å². The first-order valence-corrected chi connectivity index (χ1v) is 10.3. The minimum absolute atomic E-state index is 0.134. The lowest BCUT2D eigenvalue weighted by molar-refractivity contribution is -0.164. The molecule has 0 spiro atoms. The molecule has 4 heteroatoms. The number of likely N-dealkylation sites (tertiary alicyclic amines) is 1. The summed E-state index contributed by atoms with van der Waals surface area (Å²) in [5.41, 5.74) is 2.00. The highest BCUT2D eigenvalue weighted by molar-refractivity contribution is 5.73. The van der Waals surface area contributed by atoms with Crippen LogP contribution in [0, 0.1) is 5.92 Å². The number of rotatable bonds is 7. The van der Waals surface area contributed by atoms with Gasteiger partial charge in [-0.05, 0) is 76.6 Å². The molecule has 1 aliphatic carbocycles. The molecule has 1 heterocycles. The molecule has 0 bridgehead atoms. The Kier molecular flexibility index (Phi) is 6.59. The second-order valence-electron chi connectivity index (χ2n) is 8.45. The molecule has 1 saturated heterocycles. The van der Waals surface area contributed by atoms with E-state index in [0.29, 0.717) is 5.92 Å². The van der Waals surface area contributed by atoms with E-state index in [9.17, 15) is 9.90 Å². The number of phenolic OH excluding ortho intramolecular Hbond substituents is 1. The zero-order chi connectivity index (χ0) is 19.3. The summed E-state index contributed by atoms with van der Waals surface area (Å²) in [4.78, 5) is 15.2. The van der Waals surface area contributed by atoms with Crippen molar-refractivity contribution in [3.63, 3.8) is 0 Å². The second kappa shape index (κ2) is 8.92. The molecule has 1 aromatic rings. The fourth-order valence-corrected chi connectivity index (χ4v) is 4.61. The van der Waals surface area contributed by atoms with Gasteiger partial charge in [-0.1, -0.05) is 23.8 Å². The molecule has 0 radical (unpaired) electrons. The largest absolute Gasteiger partial charge is 0.508 e. The van der Waals surface area contributed by atoms with E-state index in [4.69, 9.17) is 4.74 Å². The maximum atomic E-state index is 12.6. The van der Waals surface area contributed by atoms with E-state index in [1.165, 1.54) is 5.57 Å². The number of hydrogen-bond acceptors (Lipinski definition) is 4. The number of carbonyl (C=O) groups is 1. The first kappa shape index (κ1) is 19.9. The van der Waals surface area contributed by atoms with E-state index < -0.39 is 0 Å². The standard InChI is InChI=1S/C23H33NO3/c1-18(2)6-5-14-24-15-11-20(17-24)23(12-3-4-13-23)27-22(26)16-19-7-9-21(25)10-8-19/h6-10,20,25H,3-5,11-17H2,1-2H3/t20-/m0/s1. The Morgan fingerprint density at radius 3 is 2.63 bits per heavy atom. The molecule has 1 atom stereocenters. The normalized spacial score (nSPS) is 21.9. The summed E-state index contributed by atoms with van der Waals surface area (Å²) >= 11 is 0. The minimum atomic E-state index is -0.265. The van der Waals surface area contributed by atoms with Gasteiger partial charge in [-0.25, -0.2) is 0 Å². The molecular formula is C23H33NO3. The van der Waals surface area contributed by atoms with Crippen molar-refractivity contribution in [2.45, 2.75) is 64.4 Å². The first-order chi connectivity index (χ1) is 13.0. The summed E-state index contributed by atoms with van der Waals surface area (Å²) in [5.74, 6) is 0.541. The molecule has 0 aromatic heterocycles. The average Bonchev–Trinajstić information content (AvgIpc) is 3.27. The van der Waals surface area contributed by atoms with Crippen molar-refractivity contribution in [2.75, 3.05) is 19.6 Å². The molecule has 1 saturated carbocycles. The van der Waals surface area contributed by atoms with E-state index in [-0.39, 0.29) is 23.7 Å². The number of hydrogen-bond donors (Lipinski definition) is 1. The van der Waals surface area contributed by atoms with Crippen molar-refractivity contribution in [1.29, 1.82) is 0 Å². The zero-order valence-electron chi connectivity index (χ0n) is 16.7. The van der Waals surface area contributed by atoms with Gasteiger partial charge in [0.1, 0.15) is 11.4 Å². The van der Waals surface area contributed by atoms with E-state index in [1.807, 2.05) is 0 Å². The maximum Gasteiger partial charge on any atom is 0.310 e. The third-order valence-electron chi connectivity index (χ3n) is 6.07. The number of benzene rings is 1. The summed E-state index contributed by atoms with van der Waals surface area (Å²) < 4.78 is 6.17. The fourth-order valence-electron chi connectivity index (χ4n) is 4.61. The highest BCUT2D eigenvalue weighted by atomic mass is 16.6. The van der Waals surface area contributed by atoms with Crippen LogP contribution >= 0.6 is 0 Å². The Morgan fingerprint density at radius 2 is 1.96 bits per heavy atom. The van der Waals surface area contributed by atoms with Crippen LogP contribution in [-0.4, -0.2) is 41.2 Å². The Bertz CT molecular complexity index is 655. The highest BCUT2D eigenvalue weighted by Gasteiger charge is 2.47. The molecule has 1 aliphatic heterocycles. The van der Waals surface area contributed by atoms with Gasteiger partial charge < -0.3 is 14.7 Å². The molecule has 3 rings (SSSR count). The lowest BCUT2D eigenvalue weighted by Crippen LogP contribution is -2.42. The van der Waals surface area contributed by atoms with Gasteiger partial charge in [0.25, 0.3) is 0 Å². The van der Waals surface area contributed by atoms with E-state index in [2.05, 4.69) is 24.8 Å². The fraction of sp³-hybridized carbons (Fsp3) is 0.609. The number of carbonyl (C=O) groups excluding carboxylic acids is 1. The third-order valence-corrected chi connectivity index (χ3v) is 6.07. The molecule has 0 amide bonds. The van der Waals surface area contributed by atoms with Crippen LogP contribution in [0.25, 0.3) is 0 Å². The van der Waals surface area contributed by atoms with Gasteiger partial charge in [0.15, 0.2) is 0 Å². The molecule has 4 nitrogen and oxygen atoms in total. The molecule has 27 heavy (non-hydrogen) atoms. The molecule has 2 fully saturated rings. The van der Waals surface area contributed by atoms with Crippen LogP contribution in [0.5, 0.6) is 5.75 Å². The minimum Gasteiger partial charge on any atom is -0.508 e. The monoisotopic (exact) mass is 371 g/mol. The smallest absolute Gasteiger partial charge is 0.310 e.